The summed E-state index contributed by atoms with van der Waals surface area (Å²) in [6.45, 7) is 3.19. The number of hydrogen-bond donors (Lipinski definition) is 1. The Balaban J connectivity index is 1.91. The normalized spacial score (nSPS) is 37.1. The van der Waals surface area contributed by atoms with Gasteiger partial charge in [0.05, 0.1) is 13.2 Å². The average Bonchev–Trinajstić information content (AvgIpc) is 2.10. The first kappa shape index (κ1) is 10.9. The monoisotopic (exact) mass is 213 g/mol. The number of carbonyl (C=O) groups excluding carboxylic acids is 1. The molecule has 4 nitrogen and oxygen atoms in total. The molecule has 0 aromatic carbocycles. The second-order valence-electron chi connectivity index (χ2n) is 4.92. The van der Waals surface area contributed by atoms with Crippen LogP contribution in [-0.4, -0.2) is 30.8 Å². The van der Waals surface area contributed by atoms with Crippen LogP contribution < -0.4 is 5.73 Å². The zero-order chi connectivity index (χ0) is 10.9. The third-order valence-corrected chi connectivity index (χ3v) is 3.32. The van der Waals surface area contributed by atoms with Crippen molar-refractivity contribution in [3.8, 4) is 0 Å². The van der Waals surface area contributed by atoms with Crippen LogP contribution in [0.25, 0.3) is 0 Å². The van der Waals surface area contributed by atoms with Gasteiger partial charge in [0.15, 0.2) is 0 Å². The van der Waals surface area contributed by atoms with Crippen LogP contribution in [-0.2, 0) is 14.3 Å². The summed E-state index contributed by atoms with van der Waals surface area (Å²) in [5.74, 6) is 0.288. The van der Waals surface area contributed by atoms with Crippen LogP contribution in [0.2, 0.25) is 0 Å². The molecule has 15 heavy (non-hydrogen) atoms. The van der Waals surface area contributed by atoms with Gasteiger partial charge >= 0.3 is 5.97 Å². The molecule has 2 rings (SSSR count). The lowest BCUT2D eigenvalue weighted by Crippen LogP contribution is -2.54. The number of rotatable bonds is 2. The van der Waals surface area contributed by atoms with Gasteiger partial charge in [0.2, 0.25) is 0 Å². The van der Waals surface area contributed by atoms with Gasteiger partial charge in [0, 0.05) is 0 Å². The van der Waals surface area contributed by atoms with Crippen LogP contribution in [0.3, 0.4) is 0 Å². The number of esters is 1. The van der Waals surface area contributed by atoms with Crippen molar-refractivity contribution in [1.82, 2.24) is 0 Å². The lowest BCUT2D eigenvalue weighted by atomic mass is 9.77. The van der Waals surface area contributed by atoms with E-state index in [1.165, 1.54) is 6.42 Å². The van der Waals surface area contributed by atoms with Crippen LogP contribution >= 0.6 is 0 Å². The molecule has 2 N–H and O–H groups in total. The van der Waals surface area contributed by atoms with Crippen molar-refractivity contribution >= 4 is 5.97 Å². The molecule has 2 atom stereocenters. The molecular weight excluding hydrogens is 194 g/mol. The topological polar surface area (TPSA) is 61.6 Å². The summed E-state index contributed by atoms with van der Waals surface area (Å²) >= 11 is 0. The number of carbonyl (C=O) groups is 1. The first-order valence-corrected chi connectivity index (χ1v) is 5.68. The van der Waals surface area contributed by atoms with E-state index in [2.05, 4.69) is 6.92 Å². The highest BCUT2D eigenvalue weighted by molar-refractivity contribution is 5.80. The smallest absolute Gasteiger partial charge is 0.326 e. The zero-order valence-corrected chi connectivity index (χ0v) is 9.20. The summed E-state index contributed by atoms with van der Waals surface area (Å²) in [5.41, 5.74) is 5.36. The molecule has 0 spiro atoms. The van der Waals surface area contributed by atoms with Crippen molar-refractivity contribution < 1.29 is 14.3 Å². The van der Waals surface area contributed by atoms with Gasteiger partial charge in [-0.25, -0.2) is 0 Å². The van der Waals surface area contributed by atoms with Crippen molar-refractivity contribution in [2.24, 2.45) is 11.7 Å². The highest BCUT2D eigenvalue weighted by Crippen LogP contribution is 2.31. The molecule has 0 radical (unpaired) electrons. The van der Waals surface area contributed by atoms with Crippen LogP contribution in [0.1, 0.15) is 32.6 Å². The minimum Gasteiger partial charge on any atom is -0.456 e. The molecule has 2 unspecified atom stereocenters. The molecule has 1 aliphatic carbocycles. The third kappa shape index (κ3) is 2.32. The SMILES string of the molecule is CC1CCCC(N)(C(=O)OC2COC2)C1. The maximum atomic E-state index is 11.9. The number of hydrogen-bond acceptors (Lipinski definition) is 4. The largest absolute Gasteiger partial charge is 0.456 e. The average molecular weight is 213 g/mol. The fourth-order valence-electron chi connectivity index (χ4n) is 2.33. The van der Waals surface area contributed by atoms with Gasteiger partial charge in [-0.15, -0.1) is 0 Å². The van der Waals surface area contributed by atoms with E-state index in [4.69, 9.17) is 15.2 Å². The molecule has 1 saturated heterocycles. The third-order valence-electron chi connectivity index (χ3n) is 3.32. The van der Waals surface area contributed by atoms with E-state index in [1.807, 2.05) is 0 Å². The molecular formula is C11H19NO3. The van der Waals surface area contributed by atoms with Gasteiger partial charge in [-0.05, 0) is 18.8 Å². The zero-order valence-electron chi connectivity index (χ0n) is 9.20. The van der Waals surface area contributed by atoms with E-state index in [-0.39, 0.29) is 12.1 Å². The van der Waals surface area contributed by atoms with Crippen LogP contribution in [0.4, 0.5) is 0 Å². The molecule has 86 valence electrons. The van der Waals surface area contributed by atoms with Crippen molar-refractivity contribution in [1.29, 1.82) is 0 Å². The summed E-state index contributed by atoms with van der Waals surface area (Å²) in [5, 5.41) is 0. The Morgan fingerprint density at radius 3 is 2.80 bits per heavy atom. The molecule has 0 aromatic heterocycles. The van der Waals surface area contributed by atoms with E-state index in [0.717, 1.165) is 19.3 Å². The predicted molar refractivity (Wildman–Crippen MR) is 55.2 cm³/mol. The standard InChI is InChI=1S/C11H19NO3/c1-8-3-2-4-11(12,5-8)10(13)15-9-6-14-7-9/h8-9H,2-7,12H2,1H3. The molecule has 4 heteroatoms. The minimum absolute atomic E-state index is 0.0600. The molecule has 0 aromatic rings. The summed E-state index contributed by atoms with van der Waals surface area (Å²) in [6, 6.07) is 0. The molecule has 1 heterocycles. The Morgan fingerprint density at radius 2 is 2.27 bits per heavy atom. The van der Waals surface area contributed by atoms with E-state index >= 15 is 0 Å². The molecule has 0 bridgehead atoms. The van der Waals surface area contributed by atoms with Crippen molar-refractivity contribution in [3.05, 3.63) is 0 Å². The highest BCUT2D eigenvalue weighted by atomic mass is 16.6. The minimum atomic E-state index is -0.743. The summed E-state index contributed by atoms with van der Waals surface area (Å²) in [6.07, 6.45) is 3.63. The van der Waals surface area contributed by atoms with Crippen molar-refractivity contribution in [2.75, 3.05) is 13.2 Å². The second-order valence-corrected chi connectivity index (χ2v) is 4.92. The fraction of sp³-hybridized carbons (Fsp3) is 0.909. The lowest BCUT2D eigenvalue weighted by molar-refractivity contribution is -0.179. The maximum absolute atomic E-state index is 11.9. The van der Waals surface area contributed by atoms with Crippen molar-refractivity contribution in [3.63, 3.8) is 0 Å². The quantitative estimate of drug-likeness (QED) is 0.690. The van der Waals surface area contributed by atoms with Crippen LogP contribution in [0.5, 0.6) is 0 Å². The van der Waals surface area contributed by atoms with E-state index in [1.54, 1.807) is 0 Å². The molecule has 1 saturated carbocycles. The number of nitrogens with two attached hydrogens (primary N) is 1. The Labute approximate surface area is 90.1 Å². The maximum Gasteiger partial charge on any atom is 0.326 e. The van der Waals surface area contributed by atoms with Crippen LogP contribution in [0.15, 0.2) is 0 Å². The van der Waals surface area contributed by atoms with Gasteiger partial charge in [0.25, 0.3) is 0 Å². The fourth-order valence-corrected chi connectivity index (χ4v) is 2.33. The van der Waals surface area contributed by atoms with Gasteiger partial charge in [-0.2, -0.15) is 0 Å². The van der Waals surface area contributed by atoms with E-state index in [0.29, 0.717) is 19.1 Å². The Morgan fingerprint density at radius 1 is 1.53 bits per heavy atom. The summed E-state index contributed by atoms with van der Waals surface area (Å²) in [7, 11) is 0. The number of ether oxygens (including phenoxy) is 2. The first-order chi connectivity index (χ1) is 7.10. The van der Waals surface area contributed by atoms with Gasteiger partial charge < -0.3 is 15.2 Å². The molecule has 2 aliphatic rings. The van der Waals surface area contributed by atoms with Gasteiger partial charge in [-0.1, -0.05) is 19.8 Å². The Hall–Kier alpha value is -0.610. The molecule has 1 aliphatic heterocycles. The Kier molecular flexibility index (Phi) is 2.98. The van der Waals surface area contributed by atoms with Crippen molar-refractivity contribution in [2.45, 2.75) is 44.2 Å². The second kappa shape index (κ2) is 4.10. The summed E-state index contributed by atoms with van der Waals surface area (Å²) < 4.78 is 10.2. The Bertz CT molecular complexity index is 252. The van der Waals surface area contributed by atoms with Gasteiger partial charge in [0.1, 0.15) is 11.6 Å². The van der Waals surface area contributed by atoms with E-state index in [9.17, 15) is 4.79 Å². The van der Waals surface area contributed by atoms with Crippen LogP contribution in [0, 0.1) is 5.92 Å². The molecule has 0 amide bonds. The predicted octanol–water partition coefficient (Wildman–Crippen LogP) is 0.836. The molecule has 2 fully saturated rings. The highest BCUT2D eigenvalue weighted by Gasteiger charge is 2.41. The van der Waals surface area contributed by atoms with E-state index < -0.39 is 5.54 Å². The summed E-state index contributed by atoms with van der Waals surface area (Å²) in [4.78, 5) is 11.9. The lowest BCUT2D eigenvalue weighted by Gasteiger charge is -2.36. The van der Waals surface area contributed by atoms with Gasteiger partial charge in [-0.3, -0.25) is 4.79 Å². The first-order valence-electron chi connectivity index (χ1n) is 5.68.